The molecule has 0 bridgehead atoms. The summed E-state index contributed by atoms with van der Waals surface area (Å²) in [6, 6.07) is 9.05. The summed E-state index contributed by atoms with van der Waals surface area (Å²) in [5.74, 6) is 0.0329. The smallest absolute Gasteiger partial charge is 0.266 e. The maximum Gasteiger partial charge on any atom is 0.266 e. The van der Waals surface area contributed by atoms with Gasteiger partial charge < -0.3 is 9.88 Å². The van der Waals surface area contributed by atoms with Gasteiger partial charge in [0.05, 0.1) is 12.0 Å². The molecule has 0 spiro atoms. The number of hydrogen-bond acceptors (Lipinski definition) is 4. The van der Waals surface area contributed by atoms with Crippen molar-refractivity contribution in [3.8, 4) is 0 Å². The van der Waals surface area contributed by atoms with Crippen molar-refractivity contribution >= 4 is 17.5 Å². The van der Waals surface area contributed by atoms with E-state index in [0.717, 1.165) is 11.4 Å². The molecule has 3 atom stereocenters. The average molecular weight is 325 g/mol. The zero-order valence-electron chi connectivity index (χ0n) is 13.3. The van der Waals surface area contributed by atoms with Crippen LogP contribution in [0, 0.1) is 5.92 Å². The summed E-state index contributed by atoms with van der Waals surface area (Å²) in [4.78, 5) is 34.2. The van der Waals surface area contributed by atoms with E-state index in [1.165, 1.54) is 0 Å². The molecule has 2 aliphatic heterocycles. The van der Waals surface area contributed by atoms with Crippen LogP contribution in [0.3, 0.4) is 0 Å². The van der Waals surface area contributed by atoms with Crippen molar-refractivity contribution in [2.24, 2.45) is 5.92 Å². The molecule has 2 fully saturated rings. The molecule has 4 rings (SSSR count). The zero-order valence-corrected chi connectivity index (χ0v) is 13.3. The Bertz CT molecular complexity index is 746. The summed E-state index contributed by atoms with van der Waals surface area (Å²) in [5, 5.41) is 1.62. The standard InChI is InChI=1S/C17H19N5O2/c1-11-7-15(23)21-14(8-13-9-18-10-19-13)17(24)22(16(11)21)20-12-5-3-2-4-6-12/h2-6,9-11,14,16,20H,7-8H2,1H3,(H,18,19)/t11-,14-,16?/m0/s1. The Balaban J connectivity index is 1.64. The first kappa shape index (κ1) is 14.7. The van der Waals surface area contributed by atoms with Crippen LogP contribution in [0.5, 0.6) is 0 Å². The number of anilines is 1. The number of para-hydroxylation sites is 1. The van der Waals surface area contributed by atoms with Crippen molar-refractivity contribution in [3.63, 3.8) is 0 Å². The van der Waals surface area contributed by atoms with Gasteiger partial charge in [-0.1, -0.05) is 25.1 Å². The molecule has 2 N–H and O–H groups in total. The van der Waals surface area contributed by atoms with Gasteiger partial charge in [-0.15, -0.1) is 0 Å². The lowest BCUT2D eigenvalue weighted by molar-refractivity contribution is -0.134. The van der Waals surface area contributed by atoms with Gasteiger partial charge in [-0.3, -0.25) is 15.0 Å². The minimum absolute atomic E-state index is 0.0303. The molecular weight excluding hydrogens is 306 g/mol. The number of carbonyl (C=O) groups is 2. The Labute approximate surface area is 139 Å². The molecule has 2 saturated heterocycles. The summed E-state index contributed by atoms with van der Waals surface area (Å²) < 4.78 is 0. The Morgan fingerprint density at radius 2 is 2.08 bits per heavy atom. The monoisotopic (exact) mass is 325 g/mol. The lowest BCUT2D eigenvalue weighted by Crippen LogP contribution is -2.43. The number of nitrogens with one attached hydrogen (secondary N) is 2. The maximum atomic E-state index is 13.0. The second kappa shape index (κ2) is 5.67. The zero-order chi connectivity index (χ0) is 16.7. The normalized spacial score (nSPS) is 26.1. The lowest BCUT2D eigenvalue weighted by Gasteiger charge is -2.28. The number of H-pyrrole nitrogens is 1. The number of carbonyl (C=O) groups excluding carboxylic acids is 2. The van der Waals surface area contributed by atoms with Gasteiger partial charge >= 0.3 is 0 Å². The summed E-state index contributed by atoms with van der Waals surface area (Å²) in [5.41, 5.74) is 4.87. The minimum Gasteiger partial charge on any atom is -0.348 e. The molecule has 3 heterocycles. The van der Waals surface area contributed by atoms with Gasteiger partial charge in [0.2, 0.25) is 5.91 Å². The fraction of sp³-hybridized carbons (Fsp3) is 0.353. The highest BCUT2D eigenvalue weighted by atomic mass is 16.2. The number of aromatic amines is 1. The van der Waals surface area contributed by atoms with E-state index in [9.17, 15) is 9.59 Å². The van der Waals surface area contributed by atoms with Gasteiger partial charge in [-0.05, 0) is 12.1 Å². The minimum atomic E-state index is -0.496. The highest BCUT2D eigenvalue weighted by molar-refractivity contribution is 5.94. The molecule has 1 aromatic carbocycles. The van der Waals surface area contributed by atoms with Gasteiger partial charge in [-0.2, -0.15) is 0 Å². The molecule has 0 radical (unpaired) electrons. The van der Waals surface area contributed by atoms with Crippen LogP contribution < -0.4 is 5.43 Å². The molecule has 1 unspecified atom stereocenters. The van der Waals surface area contributed by atoms with E-state index < -0.39 is 6.04 Å². The summed E-state index contributed by atoms with van der Waals surface area (Å²) in [7, 11) is 0. The van der Waals surface area contributed by atoms with Crippen molar-refractivity contribution in [3.05, 3.63) is 48.5 Å². The van der Waals surface area contributed by atoms with E-state index in [1.807, 2.05) is 37.3 Å². The van der Waals surface area contributed by atoms with Crippen molar-refractivity contribution in [2.45, 2.75) is 32.0 Å². The average Bonchev–Trinajstić information content (AvgIpc) is 3.24. The van der Waals surface area contributed by atoms with E-state index in [4.69, 9.17) is 0 Å². The van der Waals surface area contributed by atoms with Crippen molar-refractivity contribution in [1.29, 1.82) is 0 Å². The first-order chi connectivity index (χ1) is 11.6. The van der Waals surface area contributed by atoms with Crippen LogP contribution in [0.15, 0.2) is 42.9 Å². The topological polar surface area (TPSA) is 81.3 Å². The quantitative estimate of drug-likeness (QED) is 0.890. The van der Waals surface area contributed by atoms with E-state index >= 15 is 0 Å². The molecule has 7 nitrogen and oxygen atoms in total. The summed E-state index contributed by atoms with van der Waals surface area (Å²) in [6.07, 6.45) is 3.93. The number of aromatic nitrogens is 2. The molecule has 7 heteroatoms. The third-order valence-electron chi connectivity index (χ3n) is 4.69. The van der Waals surface area contributed by atoms with Crippen LogP contribution in [0.25, 0.3) is 0 Å². The first-order valence-electron chi connectivity index (χ1n) is 8.08. The molecule has 0 aliphatic carbocycles. The number of rotatable bonds is 4. The Morgan fingerprint density at radius 1 is 1.29 bits per heavy atom. The van der Waals surface area contributed by atoms with Crippen LogP contribution in [0.2, 0.25) is 0 Å². The van der Waals surface area contributed by atoms with Crippen molar-refractivity contribution in [2.75, 3.05) is 5.43 Å². The number of nitrogens with zero attached hydrogens (tertiary/aromatic N) is 3. The van der Waals surface area contributed by atoms with Gasteiger partial charge in [0.1, 0.15) is 12.2 Å². The lowest BCUT2D eigenvalue weighted by atomic mass is 10.1. The fourth-order valence-corrected chi connectivity index (χ4v) is 3.62. The van der Waals surface area contributed by atoms with E-state index in [1.54, 1.807) is 22.4 Å². The van der Waals surface area contributed by atoms with Crippen LogP contribution >= 0.6 is 0 Å². The van der Waals surface area contributed by atoms with E-state index in [2.05, 4.69) is 15.4 Å². The molecular formula is C17H19N5O2. The highest BCUT2D eigenvalue weighted by Crippen LogP contribution is 2.37. The maximum absolute atomic E-state index is 13.0. The molecule has 2 aromatic rings. The van der Waals surface area contributed by atoms with Crippen LogP contribution in [-0.4, -0.2) is 43.9 Å². The summed E-state index contributed by atoms with van der Waals surface area (Å²) >= 11 is 0. The van der Waals surface area contributed by atoms with Gasteiger partial charge in [0.25, 0.3) is 5.91 Å². The van der Waals surface area contributed by atoms with Crippen LogP contribution in [0.1, 0.15) is 19.0 Å². The summed E-state index contributed by atoms with van der Waals surface area (Å²) in [6.45, 7) is 2.01. The Kier molecular flexibility index (Phi) is 3.48. The molecule has 24 heavy (non-hydrogen) atoms. The second-order valence-electron chi connectivity index (χ2n) is 6.38. The van der Waals surface area contributed by atoms with Crippen LogP contribution in [0.4, 0.5) is 5.69 Å². The number of hydrazine groups is 1. The largest absolute Gasteiger partial charge is 0.348 e. The number of imidazole rings is 1. The molecule has 0 saturated carbocycles. The van der Waals surface area contributed by atoms with E-state index in [0.29, 0.717) is 12.8 Å². The van der Waals surface area contributed by atoms with Gasteiger partial charge in [0, 0.05) is 30.7 Å². The molecule has 1 aromatic heterocycles. The number of amides is 2. The second-order valence-corrected chi connectivity index (χ2v) is 6.38. The third-order valence-corrected chi connectivity index (χ3v) is 4.69. The molecule has 2 amide bonds. The third kappa shape index (κ3) is 2.33. The first-order valence-corrected chi connectivity index (χ1v) is 8.08. The Hall–Kier alpha value is -2.83. The number of benzene rings is 1. The number of hydrogen-bond donors (Lipinski definition) is 2. The van der Waals surface area contributed by atoms with Crippen LogP contribution in [-0.2, 0) is 16.0 Å². The Morgan fingerprint density at radius 3 is 2.79 bits per heavy atom. The molecule has 2 aliphatic rings. The van der Waals surface area contributed by atoms with Gasteiger partial charge in [0.15, 0.2) is 0 Å². The van der Waals surface area contributed by atoms with Crippen molar-refractivity contribution < 1.29 is 9.59 Å². The van der Waals surface area contributed by atoms with Crippen molar-refractivity contribution in [1.82, 2.24) is 19.9 Å². The number of fused-ring (bicyclic) bond motifs is 1. The van der Waals surface area contributed by atoms with Gasteiger partial charge in [-0.25, -0.2) is 9.99 Å². The predicted molar refractivity (Wildman–Crippen MR) is 87.4 cm³/mol. The SMILES string of the molecule is C[C@H]1CC(=O)N2C1N(Nc1ccccc1)C(=O)[C@@H]2Cc1cnc[nH]1. The molecule has 124 valence electrons. The van der Waals surface area contributed by atoms with E-state index in [-0.39, 0.29) is 23.9 Å². The fourth-order valence-electron chi connectivity index (χ4n) is 3.62. The predicted octanol–water partition coefficient (Wildman–Crippen LogP) is 1.38. The highest BCUT2D eigenvalue weighted by Gasteiger charge is 2.55.